The van der Waals surface area contributed by atoms with Gasteiger partial charge in [0.25, 0.3) is 0 Å². The summed E-state index contributed by atoms with van der Waals surface area (Å²) in [5.74, 6) is 1.77. The molecule has 0 bridgehead atoms. The second kappa shape index (κ2) is 5.30. The molecule has 1 aromatic heterocycles. The maximum absolute atomic E-state index is 5.63. The zero-order valence-electron chi connectivity index (χ0n) is 9.98. The summed E-state index contributed by atoms with van der Waals surface area (Å²) in [7, 11) is 0. The average Bonchev–Trinajstić information content (AvgIpc) is 2.80. The number of hydrogen-bond acceptors (Lipinski definition) is 3. The van der Waals surface area contributed by atoms with Gasteiger partial charge in [-0.2, -0.15) is 0 Å². The van der Waals surface area contributed by atoms with Crippen molar-refractivity contribution in [3.8, 4) is 5.88 Å². The highest BCUT2D eigenvalue weighted by atomic mass is 16.5. The van der Waals surface area contributed by atoms with Gasteiger partial charge in [-0.05, 0) is 17.9 Å². The molecular formula is C13H19NO2. The van der Waals surface area contributed by atoms with E-state index in [1.165, 1.54) is 5.56 Å². The molecule has 0 N–H and O–H groups in total. The third-order valence-electron chi connectivity index (χ3n) is 2.92. The molecule has 1 fully saturated rings. The van der Waals surface area contributed by atoms with Crippen LogP contribution < -0.4 is 4.74 Å². The van der Waals surface area contributed by atoms with E-state index in [1.807, 2.05) is 12.3 Å². The van der Waals surface area contributed by atoms with Crippen molar-refractivity contribution in [1.82, 2.24) is 4.98 Å². The fourth-order valence-electron chi connectivity index (χ4n) is 1.74. The Labute approximate surface area is 96.8 Å². The maximum Gasteiger partial charge on any atom is 0.213 e. The molecule has 88 valence electrons. The zero-order valence-corrected chi connectivity index (χ0v) is 9.98. The van der Waals surface area contributed by atoms with Crippen LogP contribution in [0.2, 0.25) is 0 Å². The van der Waals surface area contributed by atoms with Gasteiger partial charge in [0.2, 0.25) is 5.88 Å². The van der Waals surface area contributed by atoms with Gasteiger partial charge in [0.05, 0.1) is 13.2 Å². The van der Waals surface area contributed by atoms with Crippen molar-refractivity contribution in [2.24, 2.45) is 5.92 Å². The van der Waals surface area contributed by atoms with Gasteiger partial charge in [-0.3, -0.25) is 0 Å². The topological polar surface area (TPSA) is 31.4 Å². The van der Waals surface area contributed by atoms with E-state index in [2.05, 4.69) is 24.9 Å². The van der Waals surface area contributed by atoms with Crippen molar-refractivity contribution in [3.63, 3.8) is 0 Å². The molecule has 1 unspecified atom stereocenters. The third-order valence-corrected chi connectivity index (χ3v) is 2.92. The van der Waals surface area contributed by atoms with Gasteiger partial charge in [-0.15, -0.1) is 0 Å². The smallest absolute Gasteiger partial charge is 0.213 e. The lowest BCUT2D eigenvalue weighted by Gasteiger charge is -2.10. The van der Waals surface area contributed by atoms with Gasteiger partial charge < -0.3 is 9.47 Å². The van der Waals surface area contributed by atoms with Gasteiger partial charge in [-0.25, -0.2) is 4.98 Å². The fraction of sp³-hybridized carbons (Fsp3) is 0.615. The van der Waals surface area contributed by atoms with Crippen molar-refractivity contribution >= 4 is 0 Å². The molecule has 1 aliphatic heterocycles. The van der Waals surface area contributed by atoms with Crippen molar-refractivity contribution in [2.45, 2.75) is 26.2 Å². The highest BCUT2D eigenvalue weighted by molar-refractivity contribution is 5.20. The molecule has 3 nitrogen and oxygen atoms in total. The van der Waals surface area contributed by atoms with E-state index in [4.69, 9.17) is 9.47 Å². The Morgan fingerprint density at radius 1 is 1.50 bits per heavy atom. The average molecular weight is 221 g/mol. The van der Waals surface area contributed by atoms with E-state index in [0.29, 0.717) is 18.4 Å². The monoisotopic (exact) mass is 221 g/mol. The minimum atomic E-state index is 0.518. The molecule has 0 spiro atoms. The van der Waals surface area contributed by atoms with Crippen molar-refractivity contribution in [1.29, 1.82) is 0 Å². The van der Waals surface area contributed by atoms with Crippen LogP contribution in [0.3, 0.4) is 0 Å². The lowest BCUT2D eigenvalue weighted by molar-refractivity contribution is 0.165. The van der Waals surface area contributed by atoms with Crippen molar-refractivity contribution in [3.05, 3.63) is 23.9 Å². The Kier molecular flexibility index (Phi) is 3.78. The molecule has 0 aromatic carbocycles. The van der Waals surface area contributed by atoms with Crippen LogP contribution in [0, 0.1) is 5.92 Å². The van der Waals surface area contributed by atoms with Crippen molar-refractivity contribution in [2.75, 3.05) is 19.8 Å². The molecule has 3 heteroatoms. The predicted octanol–water partition coefficient (Wildman–Crippen LogP) is 2.62. The minimum Gasteiger partial charge on any atom is -0.477 e. The second-order valence-electron chi connectivity index (χ2n) is 4.63. The van der Waals surface area contributed by atoms with Crippen LogP contribution in [0.4, 0.5) is 0 Å². The first-order chi connectivity index (χ1) is 7.75. The molecule has 16 heavy (non-hydrogen) atoms. The number of rotatable bonds is 4. The maximum atomic E-state index is 5.63. The first-order valence-corrected chi connectivity index (χ1v) is 5.92. The van der Waals surface area contributed by atoms with Crippen LogP contribution >= 0.6 is 0 Å². The van der Waals surface area contributed by atoms with E-state index in [9.17, 15) is 0 Å². The largest absolute Gasteiger partial charge is 0.477 e. The predicted molar refractivity (Wildman–Crippen MR) is 62.7 cm³/mol. The van der Waals surface area contributed by atoms with Gasteiger partial charge in [0.1, 0.15) is 0 Å². The van der Waals surface area contributed by atoms with E-state index < -0.39 is 0 Å². The highest BCUT2D eigenvalue weighted by Gasteiger charge is 2.16. The number of ether oxygens (including phenoxy) is 2. The Morgan fingerprint density at radius 3 is 2.94 bits per heavy atom. The minimum absolute atomic E-state index is 0.518. The summed E-state index contributed by atoms with van der Waals surface area (Å²) >= 11 is 0. The van der Waals surface area contributed by atoms with E-state index in [0.717, 1.165) is 25.5 Å². The molecule has 1 saturated heterocycles. The summed E-state index contributed by atoms with van der Waals surface area (Å²) < 4.78 is 10.9. The molecule has 1 aliphatic rings. The normalized spacial score (nSPS) is 20.3. The van der Waals surface area contributed by atoms with E-state index >= 15 is 0 Å². The van der Waals surface area contributed by atoms with Crippen LogP contribution in [0.5, 0.6) is 5.88 Å². The molecule has 0 radical (unpaired) electrons. The summed E-state index contributed by atoms with van der Waals surface area (Å²) in [4.78, 5) is 4.30. The Morgan fingerprint density at radius 2 is 2.38 bits per heavy atom. The zero-order chi connectivity index (χ0) is 11.4. The molecule has 0 amide bonds. The molecule has 1 aromatic rings. The van der Waals surface area contributed by atoms with Crippen LogP contribution in [-0.4, -0.2) is 24.8 Å². The van der Waals surface area contributed by atoms with E-state index in [1.54, 1.807) is 0 Å². The van der Waals surface area contributed by atoms with Gasteiger partial charge in [0, 0.05) is 24.8 Å². The molecule has 2 heterocycles. The first kappa shape index (κ1) is 11.4. The van der Waals surface area contributed by atoms with Gasteiger partial charge in [-0.1, -0.05) is 19.9 Å². The fourth-order valence-corrected chi connectivity index (χ4v) is 1.74. The summed E-state index contributed by atoms with van der Waals surface area (Å²) in [6, 6.07) is 4.03. The van der Waals surface area contributed by atoms with Gasteiger partial charge >= 0.3 is 0 Å². The molecular weight excluding hydrogens is 202 g/mol. The third kappa shape index (κ3) is 2.95. The Hall–Kier alpha value is -1.09. The molecule has 0 aliphatic carbocycles. The van der Waals surface area contributed by atoms with Crippen molar-refractivity contribution < 1.29 is 9.47 Å². The number of nitrogens with zero attached hydrogens (tertiary/aromatic N) is 1. The van der Waals surface area contributed by atoms with Crippen LogP contribution in [0.15, 0.2) is 18.3 Å². The SMILES string of the molecule is CC(C)c1ccc(OCC2CCOC2)nc1. The summed E-state index contributed by atoms with van der Waals surface area (Å²) in [5, 5.41) is 0. The van der Waals surface area contributed by atoms with Crippen LogP contribution in [-0.2, 0) is 4.74 Å². The van der Waals surface area contributed by atoms with E-state index in [-0.39, 0.29) is 0 Å². The second-order valence-corrected chi connectivity index (χ2v) is 4.63. The standard InChI is InChI=1S/C13H19NO2/c1-10(2)12-3-4-13(14-7-12)16-9-11-5-6-15-8-11/h3-4,7,10-11H,5-6,8-9H2,1-2H3. The number of aromatic nitrogens is 1. The number of hydrogen-bond donors (Lipinski definition) is 0. The van der Waals surface area contributed by atoms with Crippen LogP contribution in [0.25, 0.3) is 0 Å². The Balaban J connectivity index is 1.84. The summed E-state index contributed by atoms with van der Waals surface area (Å²) in [6.07, 6.45) is 3.00. The lowest BCUT2D eigenvalue weighted by Crippen LogP contribution is -2.12. The molecule has 2 rings (SSSR count). The van der Waals surface area contributed by atoms with Crippen LogP contribution in [0.1, 0.15) is 31.7 Å². The highest BCUT2D eigenvalue weighted by Crippen LogP contribution is 2.17. The summed E-state index contributed by atoms with van der Waals surface area (Å²) in [6.45, 7) is 6.73. The molecule has 1 atom stereocenters. The van der Waals surface area contributed by atoms with Gasteiger partial charge in [0.15, 0.2) is 0 Å². The quantitative estimate of drug-likeness (QED) is 0.783. The number of pyridine rings is 1. The summed E-state index contributed by atoms with van der Waals surface area (Å²) in [5.41, 5.74) is 1.25. The molecule has 0 saturated carbocycles. The lowest BCUT2D eigenvalue weighted by atomic mass is 10.1. The first-order valence-electron chi connectivity index (χ1n) is 5.92. The Bertz CT molecular complexity index is 315.